The third-order valence-electron chi connectivity index (χ3n) is 4.04. The summed E-state index contributed by atoms with van der Waals surface area (Å²) in [6, 6.07) is 13.1. The molecule has 0 aliphatic carbocycles. The summed E-state index contributed by atoms with van der Waals surface area (Å²) < 4.78 is 63.3. The molecule has 1 unspecified atom stereocenters. The quantitative estimate of drug-likeness (QED) is 0.342. The zero-order valence-electron chi connectivity index (χ0n) is 15.7. The fourth-order valence-corrected chi connectivity index (χ4v) is 4.45. The molecule has 1 heterocycles. The number of aromatic nitrogens is 1. The first-order chi connectivity index (χ1) is 13.8. The maximum atomic E-state index is 14.4. The molecule has 8 nitrogen and oxygen atoms in total. The topological polar surface area (TPSA) is 115 Å². The van der Waals surface area contributed by atoms with Crippen molar-refractivity contribution in [2.75, 3.05) is 12.5 Å². The Labute approximate surface area is 182 Å². The van der Waals surface area contributed by atoms with Crippen LogP contribution in [-0.2, 0) is 27.8 Å². The van der Waals surface area contributed by atoms with E-state index in [4.69, 9.17) is 0 Å². The number of nitrogens with one attached hydrogen (secondary N) is 3. The predicted molar refractivity (Wildman–Crippen MR) is 115 cm³/mol. The highest BCUT2D eigenvalue weighted by atomic mass is 35.5. The standard InChI is InChI=1S/C18H19FN4O4S2.ClH/c1-20-11-13-9-18(16-7-2-3-8-17(16)19)23(12-13)29(26,27)15-6-4-5-14(10-15)21-22-28(24)25;/h2-10,12,20-22H,11H2,1H3,(H,24,25);1H/p-1. The van der Waals surface area contributed by atoms with E-state index in [-0.39, 0.29) is 34.2 Å². The van der Waals surface area contributed by atoms with Crippen LogP contribution in [0.25, 0.3) is 11.3 Å². The molecule has 0 aliphatic rings. The van der Waals surface area contributed by atoms with Gasteiger partial charge in [-0.1, -0.05) is 18.2 Å². The summed E-state index contributed by atoms with van der Waals surface area (Å²) in [6.07, 6.45) is 1.43. The van der Waals surface area contributed by atoms with E-state index in [9.17, 15) is 21.6 Å². The monoisotopic (exact) mass is 473 g/mol. The zero-order chi connectivity index (χ0) is 21.0. The van der Waals surface area contributed by atoms with Crippen LogP contribution >= 0.6 is 12.4 Å². The molecule has 30 heavy (non-hydrogen) atoms. The van der Waals surface area contributed by atoms with Crippen LogP contribution in [0.15, 0.2) is 65.7 Å². The third kappa shape index (κ3) is 5.25. The summed E-state index contributed by atoms with van der Waals surface area (Å²) >= 11 is -2.57. The van der Waals surface area contributed by atoms with E-state index in [0.29, 0.717) is 12.1 Å². The van der Waals surface area contributed by atoms with E-state index < -0.39 is 27.1 Å². The molecule has 0 fully saturated rings. The highest BCUT2D eigenvalue weighted by Crippen LogP contribution is 2.29. The lowest BCUT2D eigenvalue weighted by Gasteiger charge is -2.14. The van der Waals surface area contributed by atoms with Gasteiger partial charge in [0, 0.05) is 29.6 Å². The highest BCUT2D eigenvalue weighted by molar-refractivity contribution is 7.90. The second-order valence-corrected chi connectivity index (χ2v) is 8.52. The minimum Gasteiger partial charge on any atom is -0.759 e. The summed E-state index contributed by atoms with van der Waals surface area (Å²) in [6.45, 7) is 0.394. The Morgan fingerprint density at radius 3 is 2.53 bits per heavy atom. The van der Waals surface area contributed by atoms with Gasteiger partial charge in [0.2, 0.25) is 0 Å². The van der Waals surface area contributed by atoms with Gasteiger partial charge in [-0.3, -0.25) is 4.21 Å². The second kappa shape index (κ2) is 10.2. The van der Waals surface area contributed by atoms with Crippen molar-refractivity contribution in [3.05, 3.63) is 72.2 Å². The molecular weight excluding hydrogens is 455 g/mol. The second-order valence-electron chi connectivity index (χ2n) is 6.03. The maximum Gasteiger partial charge on any atom is 0.268 e. The van der Waals surface area contributed by atoms with Gasteiger partial charge in [0.1, 0.15) is 5.82 Å². The van der Waals surface area contributed by atoms with Gasteiger partial charge in [-0.25, -0.2) is 16.8 Å². The number of hydrogen-bond donors (Lipinski definition) is 3. The normalized spacial score (nSPS) is 12.2. The summed E-state index contributed by atoms with van der Waals surface area (Å²) in [4.78, 5) is 1.86. The molecule has 1 atom stereocenters. The summed E-state index contributed by atoms with van der Waals surface area (Å²) in [5.41, 5.74) is 3.60. The molecule has 0 amide bonds. The molecule has 162 valence electrons. The Hall–Kier alpha value is -2.28. The summed E-state index contributed by atoms with van der Waals surface area (Å²) in [5.74, 6) is -0.546. The molecule has 0 bridgehead atoms. The van der Waals surface area contributed by atoms with E-state index >= 15 is 0 Å². The van der Waals surface area contributed by atoms with Gasteiger partial charge in [0.25, 0.3) is 10.0 Å². The van der Waals surface area contributed by atoms with Crippen molar-refractivity contribution >= 4 is 39.4 Å². The van der Waals surface area contributed by atoms with Gasteiger partial charge in [-0.2, -0.15) is 4.83 Å². The van der Waals surface area contributed by atoms with Crippen molar-refractivity contribution in [2.45, 2.75) is 11.4 Å². The van der Waals surface area contributed by atoms with Gasteiger partial charge in [0.15, 0.2) is 0 Å². The van der Waals surface area contributed by atoms with Gasteiger partial charge in [-0.05, 0) is 49.0 Å². The van der Waals surface area contributed by atoms with Crippen LogP contribution in [0, 0.1) is 5.82 Å². The third-order valence-corrected chi connectivity index (χ3v) is 5.98. The molecule has 3 N–H and O–H groups in total. The largest absolute Gasteiger partial charge is 0.759 e. The van der Waals surface area contributed by atoms with Gasteiger partial charge < -0.3 is 15.3 Å². The molecular formula is C18H19ClFN4O4S2-. The molecule has 12 heteroatoms. The van der Waals surface area contributed by atoms with E-state index in [1.165, 1.54) is 48.7 Å². The van der Waals surface area contributed by atoms with Crippen LogP contribution in [0.4, 0.5) is 10.1 Å². The van der Waals surface area contributed by atoms with Gasteiger partial charge in [-0.15, -0.1) is 12.4 Å². The average molecular weight is 474 g/mol. The van der Waals surface area contributed by atoms with Crippen molar-refractivity contribution in [3.63, 3.8) is 0 Å². The Kier molecular flexibility index (Phi) is 8.12. The Morgan fingerprint density at radius 2 is 1.87 bits per heavy atom. The van der Waals surface area contributed by atoms with Crippen molar-refractivity contribution in [1.29, 1.82) is 0 Å². The number of anilines is 1. The molecule has 3 aromatic rings. The van der Waals surface area contributed by atoms with Crippen molar-refractivity contribution in [2.24, 2.45) is 0 Å². The number of halogens is 2. The first-order valence-corrected chi connectivity index (χ1v) is 10.9. The minimum absolute atomic E-state index is 0. The Morgan fingerprint density at radius 1 is 1.13 bits per heavy atom. The van der Waals surface area contributed by atoms with Crippen LogP contribution < -0.4 is 15.6 Å². The molecule has 3 rings (SSSR count). The van der Waals surface area contributed by atoms with Gasteiger partial charge >= 0.3 is 0 Å². The fraction of sp³-hybridized carbons (Fsp3) is 0.111. The maximum absolute atomic E-state index is 14.4. The minimum atomic E-state index is -4.09. The van der Waals surface area contributed by atoms with Gasteiger partial charge in [0.05, 0.1) is 16.3 Å². The van der Waals surface area contributed by atoms with Crippen molar-refractivity contribution in [3.8, 4) is 11.3 Å². The fourth-order valence-electron chi connectivity index (χ4n) is 2.81. The van der Waals surface area contributed by atoms with Crippen molar-refractivity contribution in [1.82, 2.24) is 14.1 Å². The van der Waals surface area contributed by atoms with E-state index in [0.717, 1.165) is 3.97 Å². The number of rotatable bonds is 8. The lowest BCUT2D eigenvalue weighted by atomic mass is 10.1. The predicted octanol–water partition coefficient (Wildman–Crippen LogP) is 2.38. The SMILES string of the molecule is CNCc1cc(-c2ccccc2F)n(S(=O)(=O)c2cccc(NNS(=O)[O-])c2)c1.Cl. The van der Waals surface area contributed by atoms with Crippen LogP contribution in [0.2, 0.25) is 0 Å². The first-order valence-electron chi connectivity index (χ1n) is 8.40. The number of benzene rings is 2. The number of hydrogen-bond acceptors (Lipinski definition) is 6. The van der Waals surface area contributed by atoms with E-state index in [2.05, 4.69) is 10.7 Å². The number of hydrazine groups is 1. The lowest BCUT2D eigenvalue weighted by Crippen LogP contribution is -2.23. The lowest BCUT2D eigenvalue weighted by molar-refractivity contribution is 0.528. The zero-order valence-corrected chi connectivity index (χ0v) is 18.1. The molecule has 1 aromatic heterocycles. The summed E-state index contributed by atoms with van der Waals surface area (Å²) in [7, 11) is -2.37. The highest BCUT2D eigenvalue weighted by Gasteiger charge is 2.23. The first kappa shape index (κ1) is 24.0. The van der Waals surface area contributed by atoms with Crippen LogP contribution in [0.5, 0.6) is 0 Å². The van der Waals surface area contributed by atoms with E-state index in [1.54, 1.807) is 19.2 Å². The van der Waals surface area contributed by atoms with Crippen LogP contribution in [0.1, 0.15) is 5.56 Å². The molecule has 2 aromatic carbocycles. The van der Waals surface area contributed by atoms with Crippen LogP contribution in [0.3, 0.4) is 0 Å². The summed E-state index contributed by atoms with van der Waals surface area (Å²) in [5, 5.41) is 2.94. The molecule has 0 aliphatic heterocycles. The molecule has 0 radical (unpaired) electrons. The molecule has 0 saturated heterocycles. The van der Waals surface area contributed by atoms with Crippen LogP contribution in [-0.4, -0.2) is 28.2 Å². The Balaban J connectivity index is 0.00000320. The van der Waals surface area contributed by atoms with Crippen molar-refractivity contribution < 1.29 is 21.6 Å². The molecule has 0 spiro atoms. The van der Waals surface area contributed by atoms with E-state index in [1.807, 2.05) is 4.83 Å². The smallest absolute Gasteiger partial charge is 0.268 e. The average Bonchev–Trinajstić information content (AvgIpc) is 3.12. The number of nitrogens with zero attached hydrogens (tertiary/aromatic N) is 1. The Bertz CT molecular complexity index is 1150. The molecule has 0 saturated carbocycles.